The van der Waals surface area contributed by atoms with Crippen molar-refractivity contribution in [1.29, 1.82) is 0 Å². The van der Waals surface area contributed by atoms with Gasteiger partial charge in [0.05, 0.1) is 0 Å². The molecule has 1 atom stereocenters. The number of hydrogen-bond donors (Lipinski definition) is 3. The molecule has 6 heteroatoms. The molecule has 0 aliphatic carbocycles. The predicted octanol–water partition coefficient (Wildman–Crippen LogP) is 2.78. The van der Waals surface area contributed by atoms with Gasteiger partial charge in [0.2, 0.25) is 0 Å². The Hall–Kier alpha value is -2.24. The van der Waals surface area contributed by atoms with Crippen LogP contribution in [0.3, 0.4) is 0 Å². The molecule has 1 aromatic rings. The fourth-order valence-corrected chi connectivity index (χ4v) is 2.33. The van der Waals surface area contributed by atoms with Crippen molar-refractivity contribution in [2.24, 2.45) is 0 Å². The summed E-state index contributed by atoms with van der Waals surface area (Å²) in [5.74, 6) is -0.986. The van der Waals surface area contributed by atoms with Gasteiger partial charge in [-0.05, 0) is 62.9 Å². The largest absolute Gasteiger partial charge is 0.508 e. The number of nitrogens with one attached hydrogen (secondary N) is 1. The number of alkyl carbamates (subject to hydrolysis) is 1. The number of benzene rings is 1. The number of carbonyl (C=O) groups excluding carboxylic acids is 1. The van der Waals surface area contributed by atoms with E-state index in [0.29, 0.717) is 6.42 Å². The number of phenolic OH excluding ortho intramolecular Hbond substituents is 1. The van der Waals surface area contributed by atoms with Gasteiger partial charge in [-0.25, -0.2) is 9.59 Å². The van der Waals surface area contributed by atoms with E-state index in [-0.39, 0.29) is 12.2 Å². The molecule has 0 bridgehead atoms. The minimum absolute atomic E-state index is 0.129. The van der Waals surface area contributed by atoms with E-state index in [9.17, 15) is 19.8 Å². The monoisotopic (exact) mass is 323 g/mol. The van der Waals surface area contributed by atoms with Crippen molar-refractivity contribution in [2.45, 2.75) is 59.1 Å². The first-order chi connectivity index (χ1) is 10.5. The molecule has 0 aliphatic rings. The van der Waals surface area contributed by atoms with E-state index in [1.165, 1.54) is 0 Å². The molecule has 0 fully saturated rings. The van der Waals surface area contributed by atoms with Gasteiger partial charge in [-0.2, -0.15) is 0 Å². The number of aliphatic carboxylic acids is 1. The molecule has 0 saturated carbocycles. The fraction of sp³-hybridized carbons (Fsp3) is 0.529. The van der Waals surface area contributed by atoms with Gasteiger partial charge < -0.3 is 20.3 Å². The number of ether oxygens (including phenoxy) is 1. The molecule has 1 aromatic carbocycles. The van der Waals surface area contributed by atoms with E-state index in [1.807, 2.05) is 6.92 Å². The molecule has 0 radical (unpaired) electrons. The van der Waals surface area contributed by atoms with Crippen LogP contribution in [0.1, 0.15) is 44.4 Å². The van der Waals surface area contributed by atoms with Gasteiger partial charge in [0, 0.05) is 6.42 Å². The fourth-order valence-electron chi connectivity index (χ4n) is 2.33. The average molecular weight is 323 g/mol. The Labute approximate surface area is 136 Å². The van der Waals surface area contributed by atoms with Crippen LogP contribution < -0.4 is 5.32 Å². The third kappa shape index (κ3) is 5.81. The van der Waals surface area contributed by atoms with Crippen molar-refractivity contribution in [2.75, 3.05) is 0 Å². The molecule has 1 rings (SSSR count). The van der Waals surface area contributed by atoms with Crippen LogP contribution in [0.2, 0.25) is 0 Å². The molecular weight excluding hydrogens is 298 g/mol. The lowest BCUT2D eigenvalue weighted by atomic mass is 9.94. The smallest absolute Gasteiger partial charge is 0.408 e. The second-order valence-corrected chi connectivity index (χ2v) is 6.50. The number of rotatable bonds is 5. The highest BCUT2D eigenvalue weighted by Crippen LogP contribution is 2.23. The third-order valence-electron chi connectivity index (χ3n) is 3.33. The van der Waals surface area contributed by atoms with Crippen LogP contribution in [-0.4, -0.2) is 33.9 Å². The molecule has 0 aliphatic heterocycles. The number of phenols is 1. The van der Waals surface area contributed by atoms with Gasteiger partial charge in [-0.3, -0.25) is 0 Å². The van der Waals surface area contributed by atoms with E-state index in [1.54, 1.807) is 39.8 Å². The topological polar surface area (TPSA) is 95.9 Å². The average Bonchev–Trinajstić information content (AvgIpc) is 2.37. The third-order valence-corrected chi connectivity index (χ3v) is 3.33. The van der Waals surface area contributed by atoms with Crippen LogP contribution in [-0.2, 0) is 22.4 Å². The Morgan fingerprint density at radius 2 is 1.91 bits per heavy atom. The van der Waals surface area contributed by atoms with E-state index >= 15 is 0 Å². The number of aromatic hydroxyl groups is 1. The Balaban J connectivity index is 2.98. The van der Waals surface area contributed by atoms with E-state index in [4.69, 9.17) is 4.74 Å². The zero-order valence-electron chi connectivity index (χ0n) is 14.3. The first-order valence-corrected chi connectivity index (χ1v) is 7.57. The normalized spacial score (nSPS) is 12.6. The van der Waals surface area contributed by atoms with Crippen LogP contribution in [0.15, 0.2) is 12.1 Å². The van der Waals surface area contributed by atoms with Crippen molar-refractivity contribution in [3.8, 4) is 5.75 Å². The Bertz CT molecular complexity index is 589. The van der Waals surface area contributed by atoms with Crippen LogP contribution in [0.4, 0.5) is 4.79 Å². The van der Waals surface area contributed by atoms with Crippen LogP contribution in [0, 0.1) is 6.92 Å². The Kier molecular flexibility index (Phi) is 6.01. The molecule has 0 spiro atoms. The summed E-state index contributed by atoms with van der Waals surface area (Å²) < 4.78 is 5.11. The highest BCUT2D eigenvalue weighted by atomic mass is 16.6. The van der Waals surface area contributed by atoms with Gasteiger partial charge in [0.15, 0.2) is 0 Å². The number of hydrogen-bond acceptors (Lipinski definition) is 4. The standard InChI is InChI=1S/C17H25NO5/c1-6-11-8-12(19)7-10(2)13(11)9-14(15(20)21)18-16(22)23-17(3,4)5/h7-8,14,19H,6,9H2,1-5H3,(H,18,22)(H,20,21)/t14-/m0/s1. The summed E-state index contributed by atoms with van der Waals surface area (Å²) in [7, 11) is 0. The van der Waals surface area contributed by atoms with Crippen LogP contribution >= 0.6 is 0 Å². The lowest BCUT2D eigenvalue weighted by molar-refractivity contribution is -0.139. The molecule has 1 amide bonds. The summed E-state index contributed by atoms with van der Waals surface area (Å²) >= 11 is 0. The van der Waals surface area contributed by atoms with Crippen molar-refractivity contribution in [3.63, 3.8) is 0 Å². The summed E-state index contributed by atoms with van der Waals surface area (Å²) in [5, 5.41) is 21.4. The first-order valence-electron chi connectivity index (χ1n) is 7.57. The maximum atomic E-state index is 11.8. The first kappa shape index (κ1) is 18.8. The maximum absolute atomic E-state index is 11.8. The number of aryl methyl sites for hydroxylation is 2. The van der Waals surface area contributed by atoms with Crippen molar-refractivity contribution >= 4 is 12.1 Å². The summed E-state index contributed by atoms with van der Waals surface area (Å²) in [6, 6.07) is 2.11. The molecule has 0 heterocycles. The molecule has 3 N–H and O–H groups in total. The molecule has 0 saturated heterocycles. The van der Waals surface area contributed by atoms with Gasteiger partial charge >= 0.3 is 12.1 Å². The Morgan fingerprint density at radius 1 is 1.30 bits per heavy atom. The van der Waals surface area contributed by atoms with Crippen LogP contribution in [0.5, 0.6) is 5.75 Å². The van der Waals surface area contributed by atoms with Gasteiger partial charge in [0.25, 0.3) is 0 Å². The summed E-state index contributed by atoms with van der Waals surface area (Å²) in [4.78, 5) is 23.3. The SMILES string of the molecule is CCc1cc(O)cc(C)c1C[C@H](NC(=O)OC(C)(C)C)C(=O)O. The van der Waals surface area contributed by atoms with Crippen molar-refractivity contribution < 1.29 is 24.5 Å². The molecule has 0 unspecified atom stereocenters. The zero-order chi connectivity index (χ0) is 17.8. The van der Waals surface area contributed by atoms with Gasteiger partial charge in [-0.15, -0.1) is 0 Å². The Morgan fingerprint density at radius 3 is 2.39 bits per heavy atom. The lowest BCUT2D eigenvalue weighted by Crippen LogP contribution is -2.44. The molecule has 0 aromatic heterocycles. The van der Waals surface area contributed by atoms with Crippen molar-refractivity contribution in [1.82, 2.24) is 5.32 Å². The van der Waals surface area contributed by atoms with Crippen molar-refractivity contribution in [3.05, 3.63) is 28.8 Å². The molecular formula is C17H25NO5. The molecule has 6 nitrogen and oxygen atoms in total. The summed E-state index contributed by atoms with van der Waals surface area (Å²) in [6.07, 6.45) is 0.0205. The van der Waals surface area contributed by atoms with Gasteiger partial charge in [0.1, 0.15) is 17.4 Å². The minimum atomic E-state index is -1.13. The highest BCUT2D eigenvalue weighted by molar-refractivity contribution is 5.80. The highest BCUT2D eigenvalue weighted by Gasteiger charge is 2.25. The lowest BCUT2D eigenvalue weighted by Gasteiger charge is -2.23. The number of amides is 1. The van der Waals surface area contributed by atoms with Gasteiger partial charge in [-0.1, -0.05) is 6.92 Å². The van der Waals surface area contributed by atoms with E-state index < -0.39 is 23.7 Å². The quantitative estimate of drug-likeness (QED) is 0.774. The summed E-state index contributed by atoms with van der Waals surface area (Å²) in [6.45, 7) is 8.86. The second-order valence-electron chi connectivity index (χ2n) is 6.50. The second kappa shape index (κ2) is 7.35. The number of carboxylic acids is 1. The van der Waals surface area contributed by atoms with E-state index in [2.05, 4.69) is 5.32 Å². The predicted molar refractivity (Wildman–Crippen MR) is 86.7 cm³/mol. The number of carbonyl (C=O) groups is 2. The number of carboxylic acid groups (broad SMARTS) is 1. The van der Waals surface area contributed by atoms with E-state index in [0.717, 1.165) is 16.7 Å². The summed E-state index contributed by atoms with van der Waals surface area (Å²) in [5.41, 5.74) is 1.77. The van der Waals surface area contributed by atoms with Crippen LogP contribution in [0.25, 0.3) is 0 Å². The molecule has 23 heavy (non-hydrogen) atoms. The maximum Gasteiger partial charge on any atom is 0.408 e. The molecule has 128 valence electrons. The zero-order valence-corrected chi connectivity index (χ0v) is 14.3. The minimum Gasteiger partial charge on any atom is -0.508 e.